The van der Waals surface area contributed by atoms with E-state index in [0.29, 0.717) is 120 Å². The molecule has 4 saturated heterocycles. The molecule has 20 rings (SSSR count). The maximum Gasteiger partial charge on any atom is 0.253 e. The quantitative estimate of drug-likeness (QED) is 0.0517. The fraction of sp³-hybridized carbons (Fsp3) is 0.265. The van der Waals surface area contributed by atoms with E-state index >= 15 is 0 Å². The van der Waals surface area contributed by atoms with Crippen molar-refractivity contribution in [3.05, 3.63) is 239 Å². The number of likely N-dealkylation sites (tertiary alicyclic amines) is 1. The Morgan fingerprint density at radius 2 is 0.585 bits per heavy atom. The van der Waals surface area contributed by atoms with Crippen molar-refractivity contribution in [3.63, 3.8) is 0 Å². The maximum absolute atomic E-state index is 13.0. The van der Waals surface area contributed by atoms with Crippen LogP contribution in [0.4, 0.5) is 23.3 Å². The first-order chi connectivity index (χ1) is 62.9. The molecule has 0 aliphatic carbocycles. The number of aryl methyl sites for hydroxylation is 4. The molecule has 0 spiro atoms. The van der Waals surface area contributed by atoms with E-state index in [1.165, 1.54) is 0 Å². The van der Waals surface area contributed by atoms with Crippen molar-refractivity contribution in [2.75, 3.05) is 143 Å². The minimum Gasteiger partial charge on any atom is -0.382 e. The van der Waals surface area contributed by atoms with Crippen LogP contribution in [0.15, 0.2) is 195 Å². The molecule has 4 fully saturated rings. The highest BCUT2D eigenvalue weighted by atomic mass is 16.2. The number of likely N-dealkylation sites (N-methyl/N-ethyl adjacent to an activating group) is 2. The van der Waals surface area contributed by atoms with Crippen LogP contribution in [-0.2, 0) is 0 Å². The molecule has 12 heterocycles. The molecule has 0 atom stereocenters. The Kier molecular flexibility index (Phi) is 25.6. The number of amides is 4. The zero-order valence-electron chi connectivity index (χ0n) is 74.0. The average molecular weight is 1740 g/mol. The number of H-pyrrole nitrogens is 4. The minimum atomic E-state index is 0.0506. The predicted molar refractivity (Wildman–Crippen MR) is 510 cm³/mol. The van der Waals surface area contributed by atoms with Crippen LogP contribution < -0.4 is 28.3 Å². The number of nitrogens with one attached hydrogen (secondary N) is 5. The van der Waals surface area contributed by atoms with Crippen LogP contribution in [0, 0.1) is 27.7 Å². The van der Waals surface area contributed by atoms with Gasteiger partial charge in [-0.3, -0.25) is 19.2 Å². The lowest BCUT2D eigenvalue weighted by molar-refractivity contribution is 0.0656. The number of imidazole rings is 4. The molecule has 0 radical (unpaired) electrons. The van der Waals surface area contributed by atoms with Crippen LogP contribution in [-0.4, -0.2) is 264 Å². The molecule has 0 bridgehead atoms. The van der Waals surface area contributed by atoms with Crippen LogP contribution in [0.2, 0.25) is 0 Å². The molecule has 32 nitrogen and oxygen atoms in total. The van der Waals surface area contributed by atoms with E-state index in [-0.39, 0.29) is 23.6 Å². The summed E-state index contributed by atoms with van der Waals surface area (Å²) in [5.41, 5.74) is 47.1. The number of fused-ring (bicyclic) bond motifs is 4. The fourth-order valence-corrected chi connectivity index (χ4v) is 16.4. The average Bonchev–Trinajstić information content (AvgIpc) is 1.61. The summed E-state index contributed by atoms with van der Waals surface area (Å²) in [6, 6.07) is 54.6. The first-order valence-electron chi connectivity index (χ1n) is 43.6. The zero-order valence-corrected chi connectivity index (χ0v) is 74.0. The summed E-state index contributed by atoms with van der Waals surface area (Å²) in [4.78, 5) is 134. The van der Waals surface area contributed by atoms with Gasteiger partial charge in [-0.2, -0.15) is 0 Å². The number of carbonyl (C=O) groups is 4. The van der Waals surface area contributed by atoms with E-state index in [0.717, 1.165) is 200 Å². The van der Waals surface area contributed by atoms with Gasteiger partial charge in [0.25, 0.3) is 23.6 Å². The van der Waals surface area contributed by atoms with E-state index in [1.54, 1.807) is 24.8 Å². The van der Waals surface area contributed by atoms with Gasteiger partial charge in [-0.25, -0.2) is 59.8 Å². The van der Waals surface area contributed by atoms with Gasteiger partial charge in [0.2, 0.25) is 0 Å². The van der Waals surface area contributed by atoms with E-state index < -0.39 is 0 Å². The fourth-order valence-electron chi connectivity index (χ4n) is 16.4. The van der Waals surface area contributed by atoms with Gasteiger partial charge >= 0.3 is 0 Å². The highest BCUT2D eigenvalue weighted by Crippen LogP contribution is 2.34. The Bertz CT molecular complexity index is 6820. The SMILES string of the molecule is Cc1ccc2nc(-c3nc(-c4ccc(C(=O)N5CCC(N(C)C)CC5)cc4)cnc3N)[nH]c2c1.Cc1ccc2nc(-c3nc(-c4ccc(C(=O)N5CCCN(C)CC5)cc4)cnc3N)[nH]c2c1.Cc1ccc2nc(-c3nc(-c4ccc(C(=O)N5CCN(C)CC5)cc4)cnc3N)[nH]c2c1.Cc1ccc2nc(-c3nc(-c4ccc(C(=O)N5CCNCC5)cc4)cnc3N)[nH]c2c1. The highest BCUT2D eigenvalue weighted by molar-refractivity contribution is 5.98. The Morgan fingerprint density at radius 1 is 0.323 bits per heavy atom. The number of anilines is 4. The van der Waals surface area contributed by atoms with Crippen molar-refractivity contribution >= 4 is 91.0 Å². The predicted octanol–water partition coefficient (Wildman–Crippen LogP) is 12.7. The second-order valence-corrected chi connectivity index (χ2v) is 33.8. The van der Waals surface area contributed by atoms with Gasteiger partial charge in [0.1, 0.15) is 22.8 Å². The first-order valence-corrected chi connectivity index (χ1v) is 43.6. The first kappa shape index (κ1) is 87.0. The second kappa shape index (κ2) is 38.2. The van der Waals surface area contributed by atoms with E-state index in [4.69, 9.17) is 42.9 Å². The molecule has 13 N–H and O–H groups in total. The number of aromatic nitrogens is 16. The van der Waals surface area contributed by atoms with Gasteiger partial charge < -0.3 is 82.5 Å². The monoisotopic (exact) mass is 1740 g/mol. The number of hydrogen-bond donors (Lipinski definition) is 9. The van der Waals surface area contributed by atoms with Gasteiger partial charge in [-0.15, -0.1) is 0 Å². The van der Waals surface area contributed by atoms with Gasteiger partial charge in [0, 0.05) is 136 Å². The van der Waals surface area contributed by atoms with Crippen molar-refractivity contribution < 1.29 is 19.2 Å². The number of benzene rings is 8. The topological polar surface area (TPSA) is 425 Å². The number of hydrogen-bond acceptors (Lipinski definition) is 24. The molecular formula is C98H104N28O4. The molecule has 16 aromatic rings. The number of aromatic amines is 4. The van der Waals surface area contributed by atoms with Gasteiger partial charge in [0.05, 0.1) is 91.7 Å². The van der Waals surface area contributed by atoms with Crippen molar-refractivity contribution in [2.24, 2.45) is 0 Å². The molecule has 32 heteroatoms. The highest BCUT2D eigenvalue weighted by Gasteiger charge is 2.28. The van der Waals surface area contributed by atoms with Crippen LogP contribution in [0.1, 0.15) is 82.9 Å². The van der Waals surface area contributed by atoms with Crippen molar-refractivity contribution in [1.29, 1.82) is 0 Å². The Labute approximate surface area is 751 Å². The molecule has 4 amide bonds. The Hall–Kier alpha value is -15.1. The molecular weight excluding hydrogens is 1630 g/mol. The summed E-state index contributed by atoms with van der Waals surface area (Å²) in [7, 11) is 8.37. The molecule has 4 aliphatic heterocycles. The Balaban J connectivity index is 0.000000122. The molecule has 8 aromatic carbocycles. The molecule has 660 valence electrons. The normalized spacial score (nSPS) is 14.7. The molecule has 8 aromatic heterocycles. The number of nitrogens with zero attached hydrogens (tertiary/aromatic N) is 19. The lowest BCUT2D eigenvalue weighted by Crippen LogP contribution is -2.47. The largest absolute Gasteiger partial charge is 0.382 e. The Morgan fingerprint density at radius 3 is 0.869 bits per heavy atom. The van der Waals surface area contributed by atoms with Crippen molar-refractivity contribution in [1.82, 2.24) is 119 Å². The molecule has 0 saturated carbocycles. The van der Waals surface area contributed by atoms with Crippen LogP contribution >= 0.6 is 0 Å². The summed E-state index contributed by atoms with van der Waals surface area (Å²) >= 11 is 0. The zero-order chi connectivity index (χ0) is 90.4. The lowest BCUT2D eigenvalue weighted by Gasteiger charge is -2.35. The summed E-state index contributed by atoms with van der Waals surface area (Å²) in [5, 5.41) is 3.26. The van der Waals surface area contributed by atoms with Crippen molar-refractivity contribution in [2.45, 2.75) is 53.0 Å². The van der Waals surface area contributed by atoms with E-state index in [1.807, 2.05) is 217 Å². The molecule has 4 aliphatic rings. The lowest BCUT2D eigenvalue weighted by atomic mass is 10.0. The number of nitrogens with two attached hydrogens (primary N) is 4. The van der Waals surface area contributed by atoms with Crippen LogP contribution in [0.3, 0.4) is 0 Å². The van der Waals surface area contributed by atoms with Gasteiger partial charge in [-0.05, 0) is 201 Å². The third-order valence-corrected chi connectivity index (χ3v) is 24.0. The van der Waals surface area contributed by atoms with Crippen LogP contribution in [0.5, 0.6) is 0 Å². The number of piperazine rings is 2. The maximum atomic E-state index is 13.0. The van der Waals surface area contributed by atoms with Gasteiger partial charge in [-0.1, -0.05) is 72.8 Å². The van der Waals surface area contributed by atoms with Crippen LogP contribution in [0.25, 0.3) is 135 Å². The summed E-state index contributed by atoms with van der Waals surface area (Å²) in [6.45, 7) is 19.6. The molecule has 130 heavy (non-hydrogen) atoms. The van der Waals surface area contributed by atoms with E-state index in [9.17, 15) is 19.2 Å². The molecule has 0 unspecified atom stereocenters. The number of piperidine rings is 1. The minimum absolute atomic E-state index is 0.0506. The third-order valence-electron chi connectivity index (χ3n) is 24.0. The van der Waals surface area contributed by atoms with E-state index in [2.05, 4.69) is 108 Å². The van der Waals surface area contributed by atoms with Crippen molar-refractivity contribution in [3.8, 4) is 91.1 Å². The summed E-state index contributed by atoms with van der Waals surface area (Å²) in [5.74, 6) is 3.83. The third kappa shape index (κ3) is 19.7. The smallest absolute Gasteiger partial charge is 0.253 e. The van der Waals surface area contributed by atoms with Gasteiger partial charge in [0.15, 0.2) is 46.6 Å². The second-order valence-electron chi connectivity index (χ2n) is 33.8. The summed E-state index contributed by atoms with van der Waals surface area (Å²) in [6.07, 6.45) is 9.57. The number of nitrogen functional groups attached to an aromatic ring is 4. The number of rotatable bonds is 13. The standard InChI is InChI=1S/C26H29N7O.C25H27N7O.C24H25N7O.C23H23N7O/c1-16-4-9-20-21(14-16)31-25(30-20)23-24(27)28-15-22(29-23)17-5-7-18(8-6-17)26(34)33-12-10-19(11-13-33)32(2)3;1-16-4-9-19-20(14-16)30-24(29-19)22-23(26)27-15-21(28-22)17-5-7-18(8-6-17)25(33)32-11-3-10-31(2)12-13-32;1-15-3-8-18-19(13-15)29-23(28-18)21-22(25)26-14-20(27-21)16-4-6-17(7-5-16)24(32)31-11-9-30(2)10-12-31;1-14-2-7-17-18(12-14)29-22(28-17)20-21(24)26-13-19(27-20)15-3-5-16(6-4-15)23(31)30-10-8-25-9-11-30/h4-9,14-15,19H,10-13H2,1-3H3,(H2,27,28)(H,30,31);4-9,14-15H,3,10-13H2,1-2H3,(H2,26,27)(H,29,30);3-8,13-14H,9-12H2,1-2H3,(H2,25,26)(H,28,29);2-7,12-13,25H,8-11H2,1H3,(H2,24,26)(H,28,29). The summed E-state index contributed by atoms with van der Waals surface area (Å²) < 4.78 is 0. The number of carbonyl (C=O) groups excluding carboxylic acids is 4.